The summed E-state index contributed by atoms with van der Waals surface area (Å²) in [6, 6.07) is 8.05. The summed E-state index contributed by atoms with van der Waals surface area (Å²) in [5.74, 6) is -1.94. The predicted molar refractivity (Wildman–Crippen MR) is 76.2 cm³/mol. The molecule has 1 aliphatic heterocycles. The summed E-state index contributed by atoms with van der Waals surface area (Å²) >= 11 is 1.27. The Balaban J connectivity index is 1.85. The Morgan fingerprint density at radius 1 is 1.10 bits per heavy atom. The van der Waals surface area contributed by atoms with Crippen molar-refractivity contribution in [3.05, 3.63) is 56.8 Å². The van der Waals surface area contributed by atoms with E-state index in [9.17, 15) is 14.4 Å². The number of fused-ring (bicyclic) bond motifs is 1. The van der Waals surface area contributed by atoms with Gasteiger partial charge in [0.2, 0.25) is 0 Å². The van der Waals surface area contributed by atoms with E-state index in [-0.39, 0.29) is 11.1 Å². The predicted octanol–water partition coefficient (Wildman–Crippen LogP) is 2.73. The van der Waals surface area contributed by atoms with Gasteiger partial charge in [-0.25, -0.2) is 4.79 Å². The van der Waals surface area contributed by atoms with Crippen LogP contribution in [0.3, 0.4) is 0 Å². The highest BCUT2D eigenvalue weighted by molar-refractivity contribution is 7.14. The molecule has 3 rings (SSSR count). The van der Waals surface area contributed by atoms with Gasteiger partial charge in [-0.1, -0.05) is 17.2 Å². The summed E-state index contributed by atoms with van der Waals surface area (Å²) in [7, 11) is 0. The number of aryl methyl sites for hydroxylation is 2. The first-order chi connectivity index (χ1) is 9.99. The zero-order chi connectivity index (χ0) is 15.1. The van der Waals surface area contributed by atoms with E-state index in [0.717, 1.165) is 10.4 Å². The molecule has 106 valence electrons. The summed E-state index contributed by atoms with van der Waals surface area (Å²) < 4.78 is 0. The van der Waals surface area contributed by atoms with Gasteiger partial charge in [-0.2, -0.15) is 0 Å². The van der Waals surface area contributed by atoms with Crippen LogP contribution in [0.15, 0.2) is 30.3 Å². The van der Waals surface area contributed by atoms with Crippen LogP contribution >= 0.6 is 11.3 Å². The fraction of sp³-hybridized carbons (Fsp3) is 0.133. The molecule has 2 heterocycles. The van der Waals surface area contributed by atoms with E-state index < -0.39 is 17.8 Å². The molecular weight excluding hydrogens is 290 g/mol. The topological polar surface area (TPSA) is 63.7 Å². The van der Waals surface area contributed by atoms with Crippen LogP contribution < -0.4 is 0 Å². The van der Waals surface area contributed by atoms with Crippen LogP contribution in [-0.4, -0.2) is 22.8 Å². The maximum atomic E-state index is 12.1. The molecule has 0 spiro atoms. The number of carbonyl (C=O) groups is 3. The van der Waals surface area contributed by atoms with Gasteiger partial charge in [0.25, 0.3) is 11.8 Å². The molecule has 0 radical (unpaired) electrons. The van der Waals surface area contributed by atoms with Gasteiger partial charge >= 0.3 is 5.97 Å². The highest BCUT2D eigenvalue weighted by Gasteiger charge is 2.38. The molecule has 1 aromatic carbocycles. The second-order valence-corrected chi connectivity index (χ2v) is 5.94. The van der Waals surface area contributed by atoms with Crippen molar-refractivity contribution in [2.45, 2.75) is 13.8 Å². The van der Waals surface area contributed by atoms with Crippen LogP contribution in [0.4, 0.5) is 0 Å². The maximum absolute atomic E-state index is 12.1. The van der Waals surface area contributed by atoms with Crippen molar-refractivity contribution in [1.29, 1.82) is 0 Å². The Hall–Kier alpha value is -2.47. The quantitative estimate of drug-likeness (QED) is 0.800. The first kappa shape index (κ1) is 13.5. The van der Waals surface area contributed by atoms with Crippen molar-refractivity contribution in [3.8, 4) is 0 Å². The molecule has 0 saturated heterocycles. The molecule has 1 aromatic heterocycles. The number of rotatable bonds is 2. The van der Waals surface area contributed by atoms with E-state index in [1.54, 1.807) is 18.2 Å². The molecule has 0 atom stereocenters. The normalized spacial score (nSPS) is 13.5. The first-order valence-corrected chi connectivity index (χ1v) is 7.08. The number of hydrogen-bond donors (Lipinski definition) is 0. The molecule has 2 aromatic rings. The minimum atomic E-state index is -0.703. The van der Waals surface area contributed by atoms with Gasteiger partial charge in [0.15, 0.2) is 0 Å². The third kappa shape index (κ3) is 2.13. The van der Waals surface area contributed by atoms with Crippen LogP contribution in [0.5, 0.6) is 0 Å². The van der Waals surface area contributed by atoms with Crippen LogP contribution in [0.2, 0.25) is 0 Å². The fourth-order valence-corrected chi connectivity index (χ4v) is 2.96. The molecule has 6 heteroatoms. The molecule has 0 fully saturated rings. The number of hydroxylamine groups is 2. The largest absolute Gasteiger partial charge is 0.373 e. The Bertz CT molecular complexity index is 723. The second-order valence-electron chi connectivity index (χ2n) is 4.68. The lowest BCUT2D eigenvalue weighted by atomic mass is 10.1. The fourth-order valence-electron chi connectivity index (χ4n) is 2.05. The average Bonchev–Trinajstić information content (AvgIpc) is 2.93. The van der Waals surface area contributed by atoms with E-state index >= 15 is 0 Å². The molecule has 2 amide bonds. The number of thiophene rings is 1. The van der Waals surface area contributed by atoms with Crippen molar-refractivity contribution in [2.75, 3.05) is 0 Å². The zero-order valence-electron chi connectivity index (χ0n) is 11.4. The average molecular weight is 301 g/mol. The van der Waals surface area contributed by atoms with E-state index in [1.165, 1.54) is 23.5 Å². The lowest BCUT2D eigenvalue weighted by Gasteiger charge is -2.11. The lowest BCUT2D eigenvalue weighted by Crippen LogP contribution is -2.32. The summed E-state index contributed by atoms with van der Waals surface area (Å²) in [5.41, 5.74) is 1.46. The number of carbonyl (C=O) groups excluding carboxylic acids is 3. The minimum absolute atomic E-state index is 0.244. The Morgan fingerprint density at radius 2 is 1.67 bits per heavy atom. The second kappa shape index (κ2) is 4.82. The van der Waals surface area contributed by atoms with Crippen molar-refractivity contribution >= 4 is 29.1 Å². The highest BCUT2D eigenvalue weighted by Crippen LogP contribution is 2.25. The SMILES string of the molecule is Cc1cc(C(=O)ON2C(=O)c3ccccc3C2=O)sc1C. The summed E-state index contributed by atoms with van der Waals surface area (Å²) in [4.78, 5) is 42.5. The molecule has 5 nitrogen and oxygen atoms in total. The number of benzene rings is 1. The highest BCUT2D eigenvalue weighted by atomic mass is 32.1. The molecule has 1 aliphatic rings. The van der Waals surface area contributed by atoms with E-state index in [1.807, 2.05) is 13.8 Å². The minimum Gasteiger partial charge on any atom is -0.323 e. The van der Waals surface area contributed by atoms with Crippen molar-refractivity contribution < 1.29 is 19.2 Å². The van der Waals surface area contributed by atoms with Gasteiger partial charge in [0.05, 0.1) is 11.1 Å². The van der Waals surface area contributed by atoms with E-state index in [2.05, 4.69) is 0 Å². The van der Waals surface area contributed by atoms with Crippen molar-refractivity contribution in [1.82, 2.24) is 5.06 Å². The molecule has 0 N–H and O–H groups in total. The summed E-state index contributed by atoms with van der Waals surface area (Å²) in [5, 5.41) is 0.525. The maximum Gasteiger partial charge on any atom is 0.373 e. The Kier molecular flexibility index (Phi) is 3.10. The number of amides is 2. The smallest absolute Gasteiger partial charge is 0.323 e. The Morgan fingerprint density at radius 3 is 2.14 bits per heavy atom. The van der Waals surface area contributed by atoms with Crippen molar-refractivity contribution in [3.63, 3.8) is 0 Å². The third-order valence-corrected chi connectivity index (χ3v) is 4.43. The van der Waals surface area contributed by atoms with Gasteiger partial charge in [0, 0.05) is 4.88 Å². The molecule has 0 bridgehead atoms. The van der Waals surface area contributed by atoms with Gasteiger partial charge < -0.3 is 4.84 Å². The van der Waals surface area contributed by atoms with Gasteiger partial charge in [-0.3, -0.25) is 9.59 Å². The van der Waals surface area contributed by atoms with Crippen molar-refractivity contribution in [2.24, 2.45) is 0 Å². The molecule has 0 aliphatic carbocycles. The van der Waals surface area contributed by atoms with Gasteiger partial charge in [-0.15, -0.1) is 11.3 Å². The van der Waals surface area contributed by atoms with E-state index in [4.69, 9.17) is 4.84 Å². The third-order valence-electron chi connectivity index (χ3n) is 3.30. The standard InChI is InChI=1S/C15H11NO4S/c1-8-7-12(21-9(8)2)15(19)20-16-13(17)10-5-3-4-6-11(10)14(16)18/h3-7H,1-2H3. The molecule has 0 unspecified atom stereocenters. The van der Waals surface area contributed by atoms with Crippen LogP contribution in [0, 0.1) is 13.8 Å². The lowest BCUT2D eigenvalue weighted by molar-refractivity contribution is -0.0581. The molecule has 21 heavy (non-hydrogen) atoms. The van der Waals surface area contributed by atoms with Crippen LogP contribution in [0.1, 0.15) is 40.8 Å². The number of imide groups is 1. The zero-order valence-corrected chi connectivity index (χ0v) is 12.2. The number of hydrogen-bond acceptors (Lipinski definition) is 5. The van der Waals surface area contributed by atoms with Gasteiger partial charge in [0.1, 0.15) is 4.88 Å². The monoisotopic (exact) mass is 301 g/mol. The summed E-state index contributed by atoms with van der Waals surface area (Å²) in [6.45, 7) is 3.77. The molecule has 0 saturated carbocycles. The Labute approximate surface area is 124 Å². The van der Waals surface area contributed by atoms with Gasteiger partial charge in [-0.05, 0) is 37.6 Å². The number of nitrogens with zero attached hydrogens (tertiary/aromatic N) is 1. The van der Waals surface area contributed by atoms with Crippen LogP contribution in [0.25, 0.3) is 0 Å². The molecular formula is C15H11NO4S. The summed E-state index contributed by atoms with van der Waals surface area (Å²) in [6.07, 6.45) is 0. The first-order valence-electron chi connectivity index (χ1n) is 6.26. The van der Waals surface area contributed by atoms with Crippen LogP contribution in [-0.2, 0) is 4.84 Å². The van der Waals surface area contributed by atoms with E-state index in [0.29, 0.717) is 9.94 Å².